The van der Waals surface area contributed by atoms with E-state index in [-0.39, 0.29) is 29.5 Å². The molecule has 1 rings (SSSR count). The molecule has 0 aliphatic heterocycles. The van der Waals surface area contributed by atoms with Crippen LogP contribution in [0.4, 0.5) is 0 Å². The third-order valence-electron chi connectivity index (χ3n) is 3.12. The minimum atomic E-state index is -0.325. The average Bonchev–Trinajstić information content (AvgIpc) is 2.71. The summed E-state index contributed by atoms with van der Waals surface area (Å²) in [5.41, 5.74) is -0.0935. The first kappa shape index (κ1) is 11.5. The molecule has 0 spiro atoms. The van der Waals surface area contributed by atoms with Gasteiger partial charge in [0.1, 0.15) is 0 Å². The fraction of sp³-hybridized carbons (Fsp3) is 0.900. The van der Waals surface area contributed by atoms with Crippen LogP contribution in [-0.2, 0) is 19.0 Å². The lowest BCUT2D eigenvalue weighted by Gasteiger charge is -2.14. The summed E-state index contributed by atoms with van der Waals surface area (Å²) >= 11 is 0. The molecule has 1 aliphatic carbocycles. The van der Waals surface area contributed by atoms with Gasteiger partial charge in [-0.3, -0.25) is 4.79 Å². The minimum absolute atomic E-state index is 0.0879. The highest BCUT2D eigenvalue weighted by molar-refractivity contribution is 5.77. The van der Waals surface area contributed by atoms with Crippen molar-refractivity contribution in [2.24, 2.45) is 17.3 Å². The van der Waals surface area contributed by atoms with Crippen LogP contribution in [0.15, 0.2) is 0 Å². The molecule has 1 fully saturated rings. The van der Waals surface area contributed by atoms with Crippen molar-refractivity contribution in [3.05, 3.63) is 0 Å². The van der Waals surface area contributed by atoms with Gasteiger partial charge < -0.3 is 14.2 Å². The largest absolute Gasteiger partial charge is 0.469 e. The van der Waals surface area contributed by atoms with Gasteiger partial charge in [-0.2, -0.15) is 0 Å². The molecule has 14 heavy (non-hydrogen) atoms. The number of methoxy groups -OCH3 is 3. The second kappa shape index (κ2) is 3.87. The molecule has 1 saturated carbocycles. The van der Waals surface area contributed by atoms with Crippen LogP contribution in [0.5, 0.6) is 0 Å². The normalized spacial score (nSPS) is 29.0. The zero-order chi connectivity index (χ0) is 10.9. The second-order valence-electron chi connectivity index (χ2n) is 4.19. The lowest BCUT2D eigenvalue weighted by atomic mass is 10.1. The van der Waals surface area contributed by atoms with Crippen LogP contribution >= 0.6 is 0 Å². The van der Waals surface area contributed by atoms with E-state index in [4.69, 9.17) is 14.2 Å². The Labute approximate surface area is 84.5 Å². The van der Waals surface area contributed by atoms with E-state index in [1.807, 2.05) is 13.8 Å². The van der Waals surface area contributed by atoms with Crippen LogP contribution in [0.3, 0.4) is 0 Å². The predicted molar refractivity (Wildman–Crippen MR) is 50.6 cm³/mol. The fourth-order valence-electron chi connectivity index (χ4n) is 2.15. The lowest BCUT2D eigenvalue weighted by Crippen LogP contribution is -2.19. The summed E-state index contributed by atoms with van der Waals surface area (Å²) in [5.74, 6) is -0.207. The molecule has 0 amide bonds. The Morgan fingerprint density at radius 3 is 2.07 bits per heavy atom. The molecular weight excluding hydrogens is 184 g/mol. The summed E-state index contributed by atoms with van der Waals surface area (Å²) in [6.45, 7) is 4.04. The van der Waals surface area contributed by atoms with Crippen molar-refractivity contribution >= 4 is 5.97 Å². The van der Waals surface area contributed by atoms with E-state index in [0.717, 1.165) is 0 Å². The van der Waals surface area contributed by atoms with Gasteiger partial charge in [-0.1, -0.05) is 13.8 Å². The standard InChI is InChI=1S/C10H18O4/c1-10(2)6(8(11)12-3)7(10)9(13-4)14-5/h6-7,9H,1-5H3/t6-,7-/m0/s1. The Morgan fingerprint density at radius 1 is 1.21 bits per heavy atom. The van der Waals surface area contributed by atoms with Crippen molar-refractivity contribution in [2.45, 2.75) is 20.1 Å². The van der Waals surface area contributed by atoms with Gasteiger partial charge in [-0.05, 0) is 5.41 Å². The molecule has 82 valence electrons. The first-order valence-electron chi connectivity index (χ1n) is 4.64. The zero-order valence-electron chi connectivity index (χ0n) is 9.37. The van der Waals surface area contributed by atoms with E-state index in [0.29, 0.717) is 0 Å². The fourth-order valence-corrected chi connectivity index (χ4v) is 2.15. The Kier molecular flexibility index (Phi) is 3.17. The van der Waals surface area contributed by atoms with Crippen molar-refractivity contribution in [1.29, 1.82) is 0 Å². The number of hydrogen-bond acceptors (Lipinski definition) is 4. The molecule has 0 heterocycles. The molecule has 0 aromatic rings. The quantitative estimate of drug-likeness (QED) is 0.505. The molecule has 4 heteroatoms. The average molecular weight is 202 g/mol. The Morgan fingerprint density at radius 2 is 1.71 bits per heavy atom. The topological polar surface area (TPSA) is 44.8 Å². The monoisotopic (exact) mass is 202 g/mol. The number of carbonyl (C=O) groups is 1. The molecule has 0 bridgehead atoms. The maximum atomic E-state index is 11.4. The van der Waals surface area contributed by atoms with Crippen LogP contribution in [0.25, 0.3) is 0 Å². The molecule has 0 aromatic heterocycles. The first-order valence-corrected chi connectivity index (χ1v) is 4.64. The molecule has 4 nitrogen and oxygen atoms in total. The smallest absolute Gasteiger partial charge is 0.309 e. The zero-order valence-corrected chi connectivity index (χ0v) is 9.37. The van der Waals surface area contributed by atoms with E-state index in [9.17, 15) is 4.79 Å². The van der Waals surface area contributed by atoms with Crippen LogP contribution < -0.4 is 0 Å². The van der Waals surface area contributed by atoms with Crippen molar-refractivity contribution in [3.8, 4) is 0 Å². The third kappa shape index (κ3) is 1.64. The van der Waals surface area contributed by atoms with E-state index >= 15 is 0 Å². The second-order valence-corrected chi connectivity index (χ2v) is 4.19. The Balaban J connectivity index is 2.69. The highest BCUT2D eigenvalue weighted by atomic mass is 16.7. The van der Waals surface area contributed by atoms with Gasteiger partial charge in [-0.15, -0.1) is 0 Å². The van der Waals surface area contributed by atoms with Gasteiger partial charge in [0.15, 0.2) is 6.29 Å². The number of ether oxygens (including phenoxy) is 3. The van der Waals surface area contributed by atoms with Crippen LogP contribution in [0.1, 0.15) is 13.8 Å². The molecule has 0 N–H and O–H groups in total. The number of rotatable bonds is 4. The lowest BCUT2D eigenvalue weighted by molar-refractivity contribution is -0.147. The first-order chi connectivity index (χ1) is 6.50. The molecule has 0 saturated heterocycles. The van der Waals surface area contributed by atoms with Gasteiger partial charge in [-0.25, -0.2) is 0 Å². The van der Waals surface area contributed by atoms with Crippen molar-refractivity contribution in [1.82, 2.24) is 0 Å². The summed E-state index contributed by atoms with van der Waals surface area (Å²) in [7, 11) is 4.57. The maximum Gasteiger partial charge on any atom is 0.309 e. The summed E-state index contributed by atoms with van der Waals surface area (Å²) < 4.78 is 15.0. The van der Waals surface area contributed by atoms with E-state index in [1.54, 1.807) is 14.2 Å². The molecule has 0 radical (unpaired) electrons. The highest BCUT2D eigenvalue weighted by Gasteiger charge is 2.66. The summed E-state index contributed by atoms with van der Waals surface area (Å²) in [5, 5.41) is 0. The Hall–Kier alpha value is -0.610. The predicted octanol–water partition coefficient (Wildman–Crippen LogP) is 1.05. The Bertz CT molecular complexity index is 220. The van der Waals surface area contributed by atoms with Gasteiger partial charge >= 0.3 is 5.97 Å². The van der Waals surface area contributed by atoms with Crippen LogP contribution in [0, 0.1) is 17.3 Å². The van der Waals surface area contributed by atoms with Gasteiger partial charge in [0.05, 0.1) is 13.0 Å². The molecule has 0 unspecified atom stereocenters. The highest BCUT2D eigenvalue weighted by Crippen LogP contribution is 2.60. The van der Waals surface area contributed by atoms with Gasteiger partial charge in [0.2, 0.25) is 0 Å². The van der Waals surface area contributed by atoms with E-state index < -0.39 is 0 Å². The van der Waals surface area contributed by atoms with Crippen molar-refractivity contribution in [3.63, 3.8) is 0 Å². The maximum absolute atomic E-state index is 11.4. The minimum Gasteiger partial charge on any atom is -0.469 e. The van der Waals surface area contributed by atoms with Gasteiger partial charge in [0, 0.05) is 20.1 Å². The summed E-state index contributed by atoms with van der Waals surface area (Å²) in [6, 6.07) is 0. The number of esters is 1. The van der Waals surface area contributed by atoms with E-state index in [1.165, 1.54) is 7.11 Å². The third-order valence-corrected chi connectivity index (χ3v) is 3.12. The van der Waals surface area contributed by atoms with Crippen LogP contribution in [0.2, 0.25) is 0 Å². The number of carbonyl (C=O) groups excluding carboxylic acids is 1. The van der Waals surface area contributed by atoms with Crippen LogP contribution in [-0.4, -0.2) is 33.6 Å². The van der Waals surface area contributed by atoms with Crippen molar-refractivity contribution < 1.29 is 19.0 Å². The van der Waals surface area contributed by atoms with Crippen molar-refractivity contribution in [2.75, 3.05) is 21.3 Å². The molecule has 2 atom stereocenters. The van der Waals surface area contributed by atoms with Gasteiger partial charge in [0.25, 0.3) is 0 Å². The summed E-state index contributed by atoms with van der Waals surface area (Å²) in [4.78, 5) is 11.4. The SMILES string of the molecule is COC(=O)[C@@H]1[C@@H](C(OC)OC)C1(C)C. The molecule has 1 aliphatic rings. The number of hydrogen-bond donors (Lipinski definition) is 0. The van der Waals surface area contributed by atoms with E-state index in [2.05, 4.69) is 0 Å². The molecule has 0 aromatic carbocycles. The molecular formula is C10H18O4. The summed E-state index contributed by atoms with van der Waals surface area (Å²) in [6.07, 6.45) is -0.325.